The first kappa shape index (κ1) is 20.3. The Balaban J connectivity index is 1.69. The summed E-state index contributed by atoms with van der Waals surface area (Å²) in [5.74, 6) is -0.821. The third kappa shape index (κ3) is 4.91. The molecule has 2 heterocycles. The largest absolute Gasteiger partial charge is 0.359 e. The van der Waals surface area contributed by atoms with E-state index in [9.17, 15) is 14.4 Å². The molecule has 0 fully saturated rings. The van der Waals surface area contributed by atoms with Gasteiger partial charge in [-0.25, -0.2) is 5.48 Å². The second-order valence-corrected chi connectivity index (χ2v) is 7.11. The van der Waals surface area contributed by atoms with Crippen LogP contribution in [-0.4, -0.2) is 27.9 Å². The van der Waals surface area contributed by atoms with E-state index in [1.165, 1.54) is 0 Å². The van der Waals surface area contributed by atoms with Gasteiger partial charge in [0, 0.05) is 41.2 Å². The molecular formula is C21H24N4O4. The van der Waals surface area contributed by atoms with E-state index in [1.54, 1.807) is 23.7 Å². The molecule has 0 spiro atoms. The minimum atomic E-state index is -0.465. The van der Waals surface area contributed by atoms with Gasteiger partial charge in [-0.2, -0.15) is 0 Å². The minimum absolute atomic E-state index is 0.169. The van der Waals surface area contributed by atoms with Crippen molar-refractivity contribution in [3.8, 4) is 0 Å². The van der Waals surface area contributed by atoms with Crippen molar-refractivity contribution in [3.05, 3.63) is 46.8 Å². The van der Waals surface area contributed by atoms with Crippen LogP contribution in [0, 0.1) is 13.8 Å². The third-order valence-electron chi connectivity index (χ3n) is 4.75. The van der Waals surface area contributed by atoms with E-state index in [0.29, 0.717) is 29.8 Å². The second kappa shape index (κ2) is 8.74. The molecule has 0 saturated heterocycles. The fourth-order valence-corrected chi connectivity index (χ4v) is 3.30. The molecule has 152 valence electrons. The van der Waals surface area contributed by atoms with Crippen LogP contribution in [0.5, 0.6) is 0 Å². The summed E-state index contributed by atoms with van der Waals surface area (Å²) in [6.07, 6.45) is 3.28. The van der Waals surface area contributed by atoms with Gasteiger partial charge in [-0.3, -0.25) is 19.6 Å². The fraction of sp³-hybridized carbons (Fsp3) is 0.286. The summed E-state index contributed by atoms with van der Waals surface area (Å²) < 4.78 is 0. The van der Waals surface area contributed by atoms with Crippen LogP contribution in [0.1, 0.15) is 48.2 Å². The Morgan fingerprint density at radius 2 is 1.83 bits per heavy atom. The lowest BCUT2D eigenvalue weighted by atomic mass is 10.0. The summed E-state index contributed by atoms with van der Waals surface area (Å²) in [4.78, 5) is 38.8. The molecule has 0 aliphatic carbocycles. The number of fused-ring (bicyclic) bond motifs is 1. The second-order valence-electron chi connectivity index (χ2n) is 7.11. The zero-order chi connectivity index (χ0) is 21.0. The molecule has 5 N–H and O–H groups in total. The molecule has 0 unspecified atom stereocenters. The summed E-state index contributed by atoms with van der Waals surface area (Å²) in [5, 5.41) is 14.1. The standard InChI is InChI=1S/C21H24N4O4/c1-12-9-13(2)22-18(12)11-16-15-10-14(7-8-17(15)24-21(16)28)23-19(26)5-3-4-6-20(27)25-29/h7-11,22,29H,3-6H2,1-2H3,(H,23,26)(H,24,28)(H,25,27)/b16-11-. The van der Waals surface area contributed by atoms with Gasteiger partial charge in [0.1, 0.15) is 0 Å². The highest BCUT2D eigenvalue weighted by molar-refractivity contribution is 6.35. The summed E-state index contributed by atoms with van der Waals surface area (Å²) in [7, 11) is 0. The van der Waals surface area contributed by atoms with Crippen LogP contribution in [0.3, 0.4) is 0 Å². The number of hydrogen-bond donors (Lipinski definition) is 5. The maximum absolute atomic E-state index is 12.4. The molecule has 0 atom stereocenters. The number of aromatic nitrogens is 1. The number of amides is 3. The van der Waals surface area contributed by atoms with Crippen molar-refractivity contribution in [1.82, 2.24) is 10.5 Å². The predicted octanol–water partition coefficient (Wildman–Crippen LogP) is 3.13. The molecular weight excluding hydrogens is 372 g/mol. The number of benzene rings is 1. The van der Waals surface area contributed by atoms with Gasteiger partial charge in [-0.1, -0.05) is 0 Å². The quantitative estimate of drug-likeness (QED) is 0.213. The van der Waals surface area contributed by atoms with E-state index < -0.39 is 5.91 Å². The monoisotopic (exact) mass is 396 g/mol. The Kier molecular flexibility index (Phi) is 6.13. The summed E-state index contributed by atoms with van der Waals surface area (Å²) in [6.45, 7) is 3.94. The highest BCUT2D eigenvalue weighted by Crippen LogP contribution is 2.35. The molecule has 1 aliphatic heterocycles. The van der Waals surface area contributed by atoms with Gasteiger partial charge in [0.25, 0.3) is 5.91 Å². The molecule has 2 aromatic rings. The van der Waals surface area contributed by atoms with Crippen molar-refractivity contribution in [2.45, 2.75) is 39.5 Å². The number of carbonyl (C=O) groups is 3. The Bertz CT molecular complexity index is 991. The van der Waals surface area contributed by atoms with Gasteiger partial charge in [0.05, 0.1) is 5.57 Å². The normalized spacial score (nSPS) is 13.9. The summed E-state index contributed by atoms with van der Waals surface area (Å²) in [5.41, 5.74) is 7.09. The van der Waals surface area contributed by atoms with E-state index in [1.807, 2.05) is 26.0 Å². The van der Waals surface area contributed by atoms with Crippen molar-refractivity contribution in [3.63, 3.8) is 0 Å². The van der Waals surface area contributed by atoms with Crippen molar-refractivity contribution in [1.29, 1.82) is 0 Å². The number of rotatable bonds is 7. The number of nitrogens with one attached hydrogen (secondary N) is 4. The number of H-pyrrole nitrogens is 1. The Morgan fingerprint density at radius 1 is 1.10 bits per heavy atom. The minimum Gasteiger partial charge on any atom is -0.359 e. The van der Waals surface area contributed by atoms with Crippen LogP contribution in [0.25, 0.3) is 11.6 Å². The van der Waals surface area contributed by atoms with Gasteiger partial charge in [-0.15, -0.1) is 0 Å². The van der Waals surface area contributed by atoms with Crippen molar-refractivity contribution < 1.29 is 19.6 Å². The molecule has 8 nitrogen and oxygen atoms in total. The number of aromatic amines is 1. The molecule has 1 aromatic carbocycles. The smallest absolute Gasteiger partial charge is 0.256 e. The summed E-state index contributed by atoms with van der Waals surface area (Å²) >= 11 is 0. The fourth-order valence-electron chi connectivity index (χ4n) is 3.30. The zero-order valence-corrected chi connectivity index (χ0v) is 16.4. The summed E-state index contributed by atoms with van der Waals surface area (Å²) in [6, 6.07) is 7.30. The van der Waals surface area contributed by atoms with Crippen LogP contribution < -0.4 is 16.1 Å². The van der Waals surface area contributed by atoms with E-state index in [4.69, 9.17) is 5.21 Å². The van der Waals surface area contributed by atoms with E-state index in [-0.39, 0.29) is 24.7 Å². The van der Waals surface area contributed by atoms with Crippen molar-refractivity contribution >= 4 is 40.7 Å². The lowest BCUT2D eigenvalue weighted by Crippen LogP contribution is -2.18. The Hall–Kier alpha value is -3.39. The first-order chi connectivity index (χ1) is 13.9. The first-order valence-electron chi connectivity index (χ1n) is 9.44. The van der Waals surface area contributed by atoms with Gasteiger partial charge >= 0.3 is 0 Å². The molecule has 0 radical (unpaired) electrons. The van der Waals surface area contributed by atoms with Crippen LogP contribution in [-0.2, 0) is 14.4 Å². The van der Waals surface area contributed by atoms with Gasteiger partial charge < -0.3 is 15.6 Å². The Labute approximate surface area is 168 Å². The van der Waals surface area contributed by atoms with Crippen LogP contribution in [0.4, 0.5) is 11.4 Å². The number of aryl methyl sites for hydroxylation is 2. The zero-order valence-electron chi connectivity index (χ0n) is 16.4. The number of hydroxylamine groups is 1. The maximum atomic E-state index is 12.4. The number of anilines is 2. The van der Waals surface area contributed by atoms with Crippen molar-refractivity contribution in [2.75, 3.05) is 10.6 Å². The highest BCUT2D eigenvalue weighted by atomic mass is 16.5. The third-order valence-corrected chi connectivity index (χ3v) is 4.75. The average Bonchev–Trinajstić information content (AvgIpc) is 3.16. The Morgan fingerprint density at radius 3 is 2.48 bits per heavy atom. The predicted molar refractivity (Wildman–Crippen MR) is 110 cm³/mol. The lowest BCUT2D eigenvalue weighted by molar-refractivity contribution is -0.129. The lowest BCUT2D eigenvalue weighted by Gasteiger charge is -2.07. The molecule has 3 rings (SSSR count). The van der Waals surface area contributed by atoms with Crippen LogP contribution in [0.2, 0.25) is 0 Å². The average molecular weight is 396 g/mol. The van der Waals surface area contributed by atoms with E-state index in [0.717, 1.165) is 22.5 Å². The van der Waals surface area contributed by atoms with Crippen molar-refractivity contribution in [2.24, 2.45) is 0 Å². The van der Waals surface area contributed by atoms with Crippen LogP contribution in [0.15, 0.2) is 24.3 Å². The molecule has 0 saturated carbocycles. The van der Waals surface area contributed by atoms with Gasteiger partial charge in [0.15, 0.2) is 0 Å². The highest BCUT2D eigenvalue weighted by Gasteiger charge is 2.25. The molecule has 8 heteroatoms. The van der Waals surface area contributed by atoms with E-state index in [2.05, 4.69) is 15.6 Å². The number of hydrogen-bond acceptors (Lipinski definition) is 4. The molecule has 3 amide bonds. The molecule has 1 aromatic heterocycles. The molecule has 1 aliphatic rings. The molecule has 29 heavy (non-hydrogen) atoms. The van der Waals surface area contributed by atoms with Gasteiger partial charge in [0.2, 0.25) is 11.8 Å². The van der Waals surface area contributed by atoms with Gasteiger partial charge in [-0.05, 0) is 62.6 Å². The topological polar surface area (TPSA) is 123 Å². The maximum Gasteiger partial charge on any atom is 0.256 e. The van der Waals surface area contributed by atoms with Crippen LogP contribution >= 0.6 is 0 Å². The molecule has 0 bridgehead atoms. The first-order valence-corrected chi connectivity index (χ1v) is 9.44. The number of carbonyl (C=O) groups excluding carboxylic acids is 3. The SMILES string of the molecule is Cc1cc(C)c(/C=C2\C(=O)Nc3ccc(NC(=O)CCCCC(=O)NO)cc32)[nH]1. The van der Waals surface area contributed by atoms with E-state index >= 15 is 0 Å². The number of unbranched alkanes of at least 4 members (excludes halogenated alkanes) is 1.